The van der Waals surface area contributed by atoms with E-state index >= 15 is 0 Å². The second-order valence-corrected chi connectivity index (χ2v) is 8.42. The molecule has 29 heavy (non-hydrogen) atoms. The second-order valence-electron chi connectivity index (χ2n) is 7.35. The van der Waals surface area contributed by atoms with Gasteiger partial charge in [-0.25, -0.2) is 4.98 Å². The molecule has 1 aromatic carbocycles. The van der Waals surface area contributed by atoms with Crippen molar-refractivity contribution in [1.82, 2.24) is 14.8 Å². The molecule has 7 heteroatoms. The van der Waals surface area contributed by atoms with Crippen LogP contribution in [0.1, 0.15) is 30.1 Å². The molecule has 0 atom stereocenters. The average Bonchev–Trinajstić information content (AvgIpc) is 3.16. The van der Waals surface area contributed by atoms with Crippen LogP contribution in [-0.2, 0) is 16.2 Å². The Kier molecular flexibility index (Phi) is 7.04. The van der Waals surface area contributed by atoms with E-state index in [1.54, 1.807) is 22.3 Å². The Labute approximate surface area is 175 Å². The fourth-order valence-corrected chi connectivity index (χ4v) is 3.69. The summed E-state index contributed by atoms with van der Waals surface area (Å²) in [5.74, 6) is 0.889. The summed E-state index contributed by atoms with van der Waals surface area (Å²) in [6, 6.07) is 7.62. The summed E-state index contributed by atoms with van der Waals surface area (Å²) in [5, 5.41) is 3.03. The van der Waals surface area contributed by atoms with Gasteiger partial charge in [-0.3, -0.25) is 9.59 Å². The predicted octanol–water partition coefficient (Wildman–Crippen LogP) is 3.37. The number of piperazine rings is 1. The minimum atomic E-state index is -0.0270. The van der Waals surface area contributed by atoms with Gasteiger partial charge in [0.25, 0.3) is 0 Å². The highest BCUT2D eigenvalue weighted by Crippen LogP contribution is 2.16. The fraction of sp³-hybridized carbons (Fsp3) is 0.409. The zero-order valence-electron chi connectivity index (χ0n) is 17.1. The van der Waals surface area contributed by atoms with Crippen molar-refractivity contribution in [3.05, 3.63) is 52.0 Å². The summed E-state index contributed by atoms with van der Waals surface area (Å²) in [6.45, 7) is 8.57. The van der Waals surface area contributed by atoms with Gasteiger partial charge in [0.2, 0.25) is 11.8 Å². The number of amides is 2. The molecule has 1 aromatic heterocycles. The lowest BCUT2D eigenvalue weighted by Gasteiger charge is -2.35. The van der Waals surface area contributed by atoms with Crippen LogP contribution in [0.3, 0.4) is 0 Å². The van der Waals surface area contributed by atoms with Crippen molar-refractivity contribution in [3.63, 3.8) is 0 Å². The highest BCUT2D eigenvalue weighted by Gasteiger charge is 2.24. The smallest absolute Gasteiger partial charge is 0.246 e. The fourth-order valence-electron chi connectivity index (χ4n) is 3.09. The Morgan fingerprint density at radius 2 is 1.79 bits per heavy atom. The second kappa shape index (κ2) is 9.69. The number of thiazole rings is 1. The van der Waals surface area contributed by atoms with E-state index in [1.807, 2.05) is 61.4 Å². The SMILES string of the molecule is Cc1nc(COc2ccc(/C=C/C(=O)N3CCN(C(=O)C(C)C)CC3)cc2)cs1. The summed E-state index contributed by atoms with van der Waals surface area (Å²) in [4.78, 5) is 32.5. The van der Waals surface area contributed by atoms with Gasteiger partial charge in [0.05, 0.1) is 10.7 Å². The summed E-state index contributed by atoms with van der Waals surface area (Å²) < 4.78 is 5.74. The van der Waals surface area contributed by atoms with Crippen molar-refractivity contribution in [3.8, 4) is 5.75 Å². The Morgan fingerprint density at radius 3 is 2.38 bits per heavy atom. The highest BCUT2D eigenvalue weighted by atomic mass is 32.1. The maximum atomic E-state index is 12.4. The van der Waals surface area contributed by atoms with Crippen LogP contribution in [0, 0.1) is 12.8 Å². The Hall–Kier alpha value is -2.67. The third-order valence-electron chi connectivity index (χ3n) is 4.75. The summed E-state index contributed by atoms with van der Waals surface area (Å²) in [5.41, 5.74) is 1.86. The summed E-state index contributed by atoms with van der Waals surface area (Å²) in [7, 11) is 0. The van der Waals surface area contributed by atoms with E-state index in [9.17, 15) is 9.59 Å². The number of ether oxygens (including phenoxy) is 1. The van der Waals surface area contributed by atoms with Gasteiger partial charge in [0, 0.05) is 43.6 Å². The molecular formula is C22H27N3O3S. The first-order valence-corrected chi connectivity index (χ1v) is 10.7. The van der Waals surface area contributed by atoms with Gasteiger partial charge in [-0.05, 0) is 30.7 Å². The Morgan fingerprint density at radius 1 is 1.14 bits per heavy atom. The van der Waals surface area contributed by atoms with Gasteiger partial charge in [-0.15, -0.1) is 11.3 Å². The molecule has 2 aromatic rings. The number of hydrogen-bond donors (Lipinski definition) is 0. The minimum Gasteiger partial charge on any atom is -0.487 e. The first kappa shape index (κ1) is 21.0. The van der Waals surface area contributed by atoms with Crippen LogP contribution in [0.4, 0.5) is 0 Å². The van der Waals surface area contributed by atoms with Crippen molar-refractivity contribution >= 4 is 29.2 Å². The van der Waals surface area contributed by atoms with Crippen LogP contribution >= 0.6 is 11.3 Å². The van der Waals surface area contributed by atoms with Crippen LogP contribution in [-0.4, -0.2) is 52.8 Å². The number of aromatic nitrogens is 1. The molecule has 0 saturated carbocycles. The first-order chi connectivity index (χ1) is 13.9. The number of carbonyl (C=O) groups excluding carboxylic acids is 2. The van der Waals surface area contributed by atoms with Crippen LogP contribution < -0.4 is 4.74 Å². The normalized spacial score (nSPS) is 14.6. The third kappa shape index (κ3) is 5.90. The van der Waals surface area contributed by atoms with Crippen LogP contribution in [0.5, 0.6) is 5.75 Å². The lowest BCUT2D eigenvalue weighted by Crippen LogP contribution is -2.51. The molecular weight excluding hydrogens is 386 g/mol. The van der Waals surface area contributed by atoms with E-state index in [-0.39, 0.29) is 17.7 Å². The van der Waals surface area contributed by atoms with Crippen LogP contribution in [0.15, 0.2) is 35.7 Å². The molecule has 0 aliphatic carbocycles. The lowest BCUT2D eigenvalue weighted by atomic mass is 10.1. The molecule has 6 nitrogen and oxygen atoms in total. The van der Waals surface area contributed by atoms with Crippen molar-refractivity contribution in [1.29, 1.82) is 0 Å². The number of aryl methyl sites for hydroxylation is 1. The lowest BCUT2D eigenvalue weighted by molar-refractivity contribution is -0.139. The summed E-state index contributed by atoms with van der Waals surface area (Å²) in [6.07, 6.45) is 3.40. The number of rotatable bonds is 6. The molecule has 0 spiro atoms. The first-order valence-electron chi connectivity index (χ1n) is 9.82. The highest BCUT2D eigenvalue weighted by molar-refractivity contribution is 7.09. The largest absolute Gasteiger partial charge is 0.487 e. The zero-order chi connectivity index (χ0) is 20.8. The van der Waals surface area contributed by atoms with E-state index < -0.39 is 0 Å². The number of nitrogens with zero attached hydrogens (tertiary/aromatic N) is 3. The van der Waals surface area contributed by atoms with Crippen molar-refractivity contribution in [2.24, 2.45) is 5.92 Å². The van der Waals surface area contributed by atoms with E-state index in [0.29, 0.717) is 32.8 Å². The van der Waals surface area contributed by atoms with Gasteiger partial charge >= 0.3 is 0 Å². The van der Waals surface area contributed by atoms with Crippen molar-refractivity contribution < 1.29 is 14.3 Å². The Balaban J connectivity index is 1.47. The van der Waals surface area contributed by atoms with Gasteiger partial charge < -0.3 is 14.5 Å². The number of benzene rings is 1. The molecule has 1 aliphatic rings. The molecule has 3 rings (SSSR count). The molecule has 154 valence electrons. The topological polar surface area (TPSA) is 62.7 Å². The molecule has 1 fully saturated rings. The third-order valence-corrected chi connectivity index (χ3v) is 5.57. The van der Waals surface area contributed by atoms with Crippen molar-refractivity contribution in [2.75, 3.05) is 26.2 Å². The molecule has 1 aliphatic heterocycles. The van der Waals surface area contributed by atoms with Gasteiger partial charge in [-0.1, -0.05) is 26.0 Å². The predicted molar refractivity (Wildman–Crippen MR) is 115 cm³/mol. The van der Waals surface area contributed by atoms with E-state index in [4.69, 9.17) is 4.74 Å². The van der Waals surface area contributed by atoms with E-state index in [2.05, 4.69) is 4.98 Å². The monoisotopic (exact) mass is 413 g/mol. The molecule has 0 radical (unpaired) electrons. The van der Waals surface area contributed by atoms with Gasteiger partial charge in [0.15, 0.2) is 0 Å². The summed E-state index contributed by atoms with van der Waals surface area (Å²) >= 11 is 1.61. The number of carbonyl (C=O) groups is 2. The van der Waals surface area contributed by atoms with Crippen molar-refractivity contribution in [2.45, 2.75) is 27.4 Å². The molecule has 1 saturated heterocycles. The Bertz CT molecular complexity index is 866. The maximum Gasteiger partial charge on any atom is 0.246 e. The minimum absolute atomic E-state index is 0.00489. The molecule has 2 amide bonds. The van der Waals surface area contributed by atoms with E-state index in [0.717, 1.165) is 22.0 Å². The number of hydrogen-bond acceptors (Lipinski definition) is 5. The molecule has 2 heterocycles. The molecule has 0 bridgehead atoms. The van der Waals surface area contributed by atoms with E-state index in [1.165, 1.54) is 0 Å². The molecule has 0 unspecified atom stereocenters. The molecule has 0 N–H and O–H groups in total. The quantitative estimate of drug-likeness (QED) is 0.681. The van der Waals surface area contributed by atoms with Crippen LogP contribution in [0.25, 0.3) is 6.08 Å². The van der Waals surface area contributed by atoms with Gasteiger partial charge in [0.1, 0.15) is 12.4 Å². The average molecular weight is 414 g/mol. The maximum absolute atomic E-state index is 12.4. The zero-order valence-corrected chi connectivity index (χ0v) is 17.9. The standard InChI is InChI=1S/C22H27N3O3S/c1-16(2)22(27)25-12-10-24(11-13-25)21(26)9-6-18-4-7-20(8-5-18)28-14-19-15-29-17(3)23-19/h4-9,15-16H,10-14H2,1-3H3/b9-6+. The van der Waals surface area contributed by atoms with Gasteiger partial charge in [-0.2, -0.15) is 0 Å². The van der Waals surface area contributed by atoms with Crippen LogP contribution in [0.2, 0.25) is 0 Å².